The molecule has 2 unspecified atom stereocenters. The summed E-state index contributed by atoms with van der Waals surface area (Å²) in [6, 6.07) is 9.77. The van der Waals surface area contributed by atoms with Crippen molar-refractivity contribution in [2.75, 3.05) is 13.1 Å². The molecule has 0 aliphatic heterocycles. The molecule has 0 radical (unpaired) electrons. The quantitative estimate of drug-likeness (QED) is 0.836. The van der Waals surface area contributed by atoms with E-state index >= 15 is 0 Å². The number of nitrogens with zero attached hydrogens (tertiary/aromatic N) is 1. The molecule has 3 rings (SSSR count). The lowest BCUT2D eigenvalue weighted by Gasteiger charge is -2.29. The van der Waals surface area contributed by atoms with E-state index in [1.54, 1.807) is 0 Å². The average Bonchev–Trinajstić information content (AvgIpc) is 3.41. The number of carbonyl (C=O) groups excluding carboxylic acids is 1. The highest BCUT2D eigenvalue weighted by molar-refractivity contribution is 5.85. The largest absolute Gasteiger partial charge is 0.342 e. The van der Waals surface area contributed by atoms with Crippen molar-refractivity contribution in [3.8, 4) is 0 Å². The van der Waals surface area contributed by atoms with E-state index in [0.717, 1.165) is 30.5 Å². The van der Waals surface area contributed by atoms with Crippen LogP contribution in [0, 0.1) is 17.8 Å². The highest BCUT2D eigenvalue weighted by Crippen LogP contribution is 2.35. The molecule has 0 aromatic heterocycles. The van der Waals surface area contributed by atoms with Gasteiger partial charge in [-0.1, -0.05) is 37.3 Å². The minimum absolute atomic E-state index is 0. The maximum Gasteiger partial charge on any atom is 0.227 e. The number of rotatable bonds is 7. The van der Waals surface area contributed by atoms with Gasteiger partial charge in [-0.25, -0.2) is 0 Å². The Morgan fingerprint density at radius 3 is 2.09 bits per heavy atom. The van der Waals surface area contributed by atoms with Crippen LogP contribution < -0.4 is 5.73 Å². The SMILES string of the molecule is CC(C(=O)N(CC1CC1)CC1CC1)C(N)c1ccccc1.Cl. The van der Waals surface area contributed by atoms with Crippen LogP contribution in [0.5, 0.6) is 0 Å². The van der Waals surface area contributed by atoms with Crippen LogP contribution >= 0.6 is 12.4 Å². The predicted octanol–water partition coefficient (Wildman–Crippen LogP) is 3.39. The lowest BCUT2D eigenvalue weighted by atomic mass is 9.94. The van der Waals surface area contributed by atoms with Crippen molar-refractivity contribution in [2.24, 2.45) is 23.5 Å². The molecule has 22 heavy (non-hydrogen) atoms. The first-order valence-corrected chi connectivity index (χ1v) is 8.24. The van der Waals surface area contributed by atoms with E-state index in [0.29, 0.717) is 0 Å². The Bertz CT molecular complexity index is 471. The molecule has 1 aromatic carbocycles. The zero-order valence-electron chi connectivity index (χ0n) is 13.3. The van der Waals surface area contributed by atoms with Crippen LogP contribution in [0.4, 0.5) is 0 Å². The number of hydrogen-bond donors (Lipinski definition) is 1. The van der Waals surface area contributed by atoms with Crippen molar-refractivity contribution in [1.82, 2.24) is 4.90 Å². The summed E-state index contributed by atoms with van der Waals surface area (Å²) < 4.78 is 0. The number of carbonyl (C=O) groups is 1. The maximum atomic E-state index is 12.8. The normalized spacial score (nSPS) is 19.9. The topological polar surface area (TPSA) is 46.3 Å². The molecule has 1 aromatic rings. The second kappa shape index (κ2) is 7.47. The smallest absolute Gasteiger partial charge is 0.227 e. The van der Waals surface area contributed by atoms with Crippen LogP contribution in [0.1, 0.15) is 44.2 Å². The number of benzene rings is 1. The van der Waals surface area contributed by atoms with Crippen molar-refractivity contribution >= 4 is 18.3 Å². The van der Waals surface area contributed by atoms with Crippen molar-refractivity contribution in [3.63, 3.8) is 0 Å². The molecule has 4 heteroatoms. The Balaban J connectivity index is 0.00000176. The molecule has 0 saturated heterocycles. The molecule has 2 saturated carbocycles. The Hall–Kier alpha value is -1.06. The van der Waals surface area contributed by atoms with Gasteiger partial charge >= 0.3 is 0 Å². The molecular formula is C18H27ClN2O. The molecule has 0 bridgehead atoms. The third-order valence-corrected chi connectivity index (χ3v) is 4.78. The third kappa shape index (κ3) is 4.47. The van der Waals surface area contributed by atoms with Crippen molar-refractivity contribution < 1.29 is 4.79 Å². The minimum Gasteiger partial charge on any atom is -0.342 e. The molecule has 0 heterocycles. The fraction of sp³-hybridized carbons (Fsp3) is 0.611. The zero-order chi connectivity index (χ0) is 14.8. The van der Waals surface area contributed by atoms with Gasteiger partial charge in [0.25, 0.3) is 0 Å². The Morgan fingerprint density at radius 1 is 1.14 bits per heavy atom. The van der Waals surface area contributed by atoms with Gasteiger partial charge in [-0.05, 0) is 43.1 Å². The van der Waals surface area contributed by atoms with E-state index in [2.05, 4.69) is 4.90 Å². The molecule has 2 atom stereocenters. The van der Waals surface area contributed by atoms with E-state index in [4.69, 9.17) is 5.73 Å². The monoisotopic (exact) mass is 322 g/mol. The highest BCUT2D eigenvalue weighted by Gasteiger charge is 2.34. The van der Waals surface area contributed by atoms with E-state index in [1.807, 2.05) is 37.3 Å². The summed E-state index contributed by atoms with van der Waals surface area (Å²) in [6.07, 6.45) is 5.14. The maximum absolute atomic E-state index is 12.8. The van der Waals surface area contributed by atoms with Gasteiger partial charge in [0, 0.05) is 19.1 Å². The van der Waals surface area contributed by atoms with Crippen LogP contribution in [0.2, 0.25) is 0 Å². The number of amides is 1. The molecule has 0 spiro atoms. The second-order valence-electron chi connectivity index (χ2n) is 6.86. The van der Waals surface area contributed by atoms with Crippen molar-refractivity contribution in [3.05, 3.63) is 35.9 Å². The molecular weight excluding hydrogens is 296 g/mol. The summed E-state index contributed by atoms with van der Waals surface area (Å²) >= 11 is 0. The summed E-state index contributed by atoms with van der Waals surface area (Å²) in [7, 11) is 0. The zero-order valence-corrected chi connectivity index (χ0v) is 14.1. The summed E-state index contributed by atoms with van der Waals surface area (Å²) in [4.78, 5) is 14.9. The lowest BCUT2D eigenvalue weighted by Crippen LogP contribution is -2.41. The second-order valence-corrected chi connectivity index (χ2v) is 6.86. The fourth-order valence-corrected chi connectivity index (χ4v) is 2.88. The first-order chi connectivity index (χ1) is 10.1. The summed E-state index contributed by atoms with van der Waals surface area (Å²) in [6.45, 7) is 3.87. The van der Waals surface area contributed by atoms with Crippen LogP contribution in [-0.4, -0.2) is 23.9 Å². The number of halogens is 1. The molecule has 3 nitrogen and oxygen atoms in total. The minimum atomic E-state index is -0.209. The molecule has 2 fully saturated rings. The van der Waals surface area contributed by atoms with Crippen LogP contribution in [0.3, 0.4) is 0 Å². The van der Waals surface area contributed by atoms with Crippen molar-refractivity contribution in [2.45, 2.75) is 38.6 Å². The van der Waals surface area contributed by atoms with E-state index < -0.39 is 0 Å². The van der Waals surface area contributed by atoms with Crippen LogP contribution in [-0.2, 0) is 4.79 Å². The lowest BCUT2D eigenvalue weighted by molar-refractivity contribution is -0.136. The summed E-state index contributed by atoms with van der Waals surface area (Å²) in [5, 5.41) is 0. The summed E-state index contributed by atoms with van der Waals surface area (Å²) in [5.74, 6) is 1.58. The predicted molar refractivity (Wildman–Crippen MR) is 91.8 cm³/mol. The van der Waals surface area contributed by atoms with Gasteiger partial charge in [0.15, 0.2) is 0 Å². The Labute approximate surface area is 139 Å². The molecule has 2 aliphatic carbocycles. The fourth-order valence-electron chi connectivity index (χ4n) is 2.88. The van der Waals surface area contributed by atoms with Crippen molar-refractivity contribution in [1.29, 1.82) is 0 Å². The van der Waals surface area contributed by atoms with E-state index in [-0.39, 0.29) is 30.3 Å². The van der Waals surface area contributed by atoms with Gasteiger partial charge in [-0.15, -0.1) is 12.4 Å². The van der Waals surface area contributed by atoms with Crippen LogP contribution in [0.25, 0.3) is 0 Å². The van der Waals surface area contributed by atoms with Gasteiger partial charge in [0.2, 0.25) is 5.91 Å². The van der Waals surface area contributed by atoms with Gasteiger partial charge in [-0.3, -0.25) is 4.79 Å². The van der Waals surface area contributed by atoms with Gasteiger partial charge < -0.3 is 10.6 Å². The van der Waals surface area contributed by atoms with Gasteiger partial charge in [0.05, 0.1) is 5.92 Å². The van der Waals surface area contributed by atoms with E-state index in [9.17, 15) is 4.79 Å². The Morgan fingerprint density at radius 2 is 1.64 bits per heavy atom. The van der Waals surface area contributed by atoms with Gasteiger partial charge in [-0.2, -0.15) is 0 Å². The standard InChI is InChI=1S/C18H26N2O.ClH/c1-13(17(19)16-5-3-2-4-6-16)18(21)20(11-14-7-8-14)12-15-9-10-15;/h2-6,13-15,17H,7-12,19H2,1H3;1H. The highest BCUT2D eigenvalue weighted by atomic mass is 35.5. The Kier molecular flexibility index (Phi) is 5.87. The molecule has 2 aliphatic rings. The molecule has 2 N–H and O–H groups in total. The van der Waals surface area contributed by atoms with E-state index in [1.165, 1.54) is 25.7 Å². The third-order valence-electron chi connectivity index (χ3n) is 4.78. The first-order valence-electron chi connectivity index (χ1n) is 8.24. The van der Waals surface area contributed by atoms with Gasteiger partial charge in [0.1, 0.15) is 0 Å². The summed E-state index contributed by atoms with van der Waals surface area (Å²) in [5.41, 5.74) is 7.37. The van der Waals surface area contributed by atoms with Crippen LogP contribution in [0.15, 0.2) is 30.3 Å². The molecule has 122 valence electrons. The number of nitrogens with two attached hydrogens (primary N) is 1. The number of hydrogen-bond acceptors (Lipinski definition) is 2. The average molecular weight is 323 g/mol. The first kappa shape index (κ1) is 17.3. The molecule has 1 amide bonds.